The van der Waals surface area contributed by atoms with Gasteiger partial charge in [-0.25, -0.2) is 19.3 Å². The van der Waals surface area contributed by atoms with Crippen molar-refractivity contribution in [2.75, 3.05) is 13.1 Å². The fourth-order valence-electron chi connectivity index (χ4n) is 2.43. The van der Waals surface area contributed by atoms with E-state index in [-0.39, 0.29) is 6.54 Å². The Hall–Kier alpha value is -3.23. The summed E-state index contributed by atoms with van der Waals surface area (Å²) < 4.78 is 6.83. The summed E-state index contributed by atoms with van der Waals surface area (Å²) in [4.78, 5) is 40.7. The lowest BCUT2D eigenvalue weighted by Gasteiger charge is -2.18. The van der Waals surface area contributed by atoms with Crippen LogP contribution in [-0.2, 0) is 16.1 Å². The van der Waals surface area contributed by atoms with Crippen LogP contribution in [0.1, 0.15) is 22.8 Å². The van der Waals surface area contributed by atoms with Crippen molar-refractivity contribution in [2.45, 2.75) is 19.6 Å². The first-order chi connectivity index (χ1) is 12.0. The molecule has 130 valence electrons. The summed E-state index contributed by atoms with van der Waals surface area (Å²) >= 11 is 0. The minimum Gasteiger partial charge on any atom is -0.449 e. The molecule has 0 spiro atoms. The topological polar surface area (TPSA) is 106 Å². The zero-order chi connectivity index (χ0) is 17.8. The molecule has 1 aromatic heterocycles. The van der Waals surface area contributed by atoms with E-state index < -0.39 is 24.0 Å². The van der Waals surface area contributed by atoms with Crippen LogP contribution in [0.25, 0.3) is 0 Å². The van der Waals surface area contributed by atoms with E-state index in [9.17, 15) is 14.4 Å². The highest BCUT2D eigenvalue weighted by molar-refractivity contribution is 5.99. The van der Waals surface area contributed by atoms with Gasteiger partial charge in [0, 0.05) is 13.1 Å². The van der Waals surface area contributed by atoms with Gasteiger partial charge in [0.2, 0.25) is 0 Å². The van der Waals surface area contributed by atoms with Gasteiger partial charge in [-0.1, -0.05) is 12.1 Å². The summed E-state index contributed by atoms with van der Waals surface area (Å²) in [5.41, 5.74) is 1.27. The van der Waals surface area contributed by atoms with Gasteiger partial charge in [-0.2, -0.15) is 5.10 Å². The number of nitrogens with one attached hydrogen (secondary N) is 1. The molecule has 1 N–H and O–H groups in total. The van der Waals surface area contributed by atoms with Crippen molar-refractivity contribution < 1.29 is 19.1 Å². The molecule has 9 nitrogen and oxygen atoms in total. The maximum Gasteiger partial charge on any atom is 0.338 e. The number of rotatable bonds is 5. The third-order valence-electron chi connectivity index (χ3n) is 3.76. The van der Waals surface area contributed by atoms with Crippen LogP contribution in [-0.4, -0.2) is 56.8 Å². The zero-order valence-electron chi connectivity index (χ0n) is 13.6. The number of ether oxygens (including phenoxy) is 1. The molecule has 2 heterocycles. The van der Waals surface area contributed by atoms with Crippen molar-refractivity contribution in [3.8, 4) is 0 Å². The largest absolute Gasteiger partial charge is 0.449 e. The molecule has 1 aliphatic heterocycles. The second kappa shape index (κ2) is 7.12. The van der Waals surface area contributed by atoms with Gasteiger partial charge in [-0.3, -0.25) is 9.69 Å². The maximum absolute atomic E-state index is 12.2. The predicted octanol–water partition coefficient (Wildman–Crippen LogP) is 0.424. The van der Waals surface area contributed by atoms with Gasteiger partial charge in [-0.05, 0) is 24.6 Å². The first-order valence-corrected chi connectivity index (χ1v) is 7.76. The lowest BCUT2D eigenvalue weighted by atomic mass is 10.1. The number of carbonyl (C=O) groups excluding carboxylic acids is 3. The van der Waals surface area contributed by atoms with Gasteiger partial charge < -0.3 is 10.1 Å². The van der Waals surface area contributed by atoms with Crippen LogP contribution in [0.5, 0.6) is 0 Å². The molecular weight excluding hydrogens is 326 g/mol. The van der Waals surface area contributed by atoms with Crippen LogP contribution in [0.2, 0.25) is 0 Å². The number of urea groups is 1. The van der Waals surface area contributed by atoms with E-state index in [1.54, 1.807) is 35.3 Å². The van der Waals surface area contributed by atoms with Gasteiger partial charge in [0.25, 0.3) is 5.91 Å². The SMILES string of the molecule is C[C@H](OC(=O)c1ccc(Cn2cncn2)cc1)C(=O)N1CCNC1=O. The molecule has 1 aromatic carbocycles. The number of esters is 1. The molecule has 1 aliphatic rings. The summed E-state index contributed by atoms with van der Waals surface area (Å²) in [5.74, 6) is -1.15. The fraction of sp³-hybridized carbons (Fsp3) is 0.312. The Morgan fingerprint density at radius 2 is 2.08 bits per heavy atom. The Balaban J connectivity index is 1.59. The third-order valence-corrected chi connectivity index (χ3v) is 3.76. The molecule has 0 bridgehead atoms. The van der Waals surface area contributed by atoms with Crippen LogP contribution >= 0.6 is 0 Å². The molecule has 9 heteroatoms. The number of nitrogens with zero attached hydrogens (tertiary/aromatic N) is 4. The number of hydrogen-bond donors (Lipinski definition) is 1. The number of amides is 3. The second-order valence-electron chi connectivity index (χ2n) is 5.56. The second-order valence-corrected chi connectivity index (χ2v) is 5.56. The van der Waals surface area contributed by atoms with Gasteiger partial charge in [-0.15, -0.1) is 0 Å². The molecule has 0 unspecified atom stereocenters. The molecule has 3 rings (SSSR count). The van der Waals surface area contributed by atoms with E-state index in [4.69, 9.17) is 4.74 Å². The van der Waals surface area contributed by atoms with Crippen molar-refractivity contribution in [2.24, 2.45) is 0 Å². The summed E-state index contributed by atoms with van der Waals surface area (Å²) in [6, 6.07) is 6.32. The maximum atomic E-state index is 12.2. The number of imide groups is 1. The van der Waals surface area contributed by atoms with E-state index in [1.807, 2.05) is 0 Å². The minimum atomic E-state index is -1.04. The van der Waals surface area contributed by atoms with Crippen LogP contribution in [0.3, 0.4) is 0 Å². The molecule has 1 atom stereocenters. The van der Waals surface area contributed by atoms with Crippen molar-refractivity contribution in [1.29, 1.82) is 0 Å². The molecule has 2 aromatic rings. The number of carbonyl (C=O) groups is 3. The molecule has 3 amide bonds. The molecule has 0 saturated carbocycles. The van der Waals surface area contributed by atoms with Crippen molar-refractivity contribution in [3.05, 3.63) is 48.0 Å². The summed E-state index contributed by atoms with van der Waals surface area (Å²) in [7, 11) is 0. The number of hydrogen-bond acceptors (Lipinski definition) is 6. The molecule has 25 heavy (non-hydrogen) atoms. The highest BCUT2D eigenvalue weighted by Gasteiger charge is 2.31. The van der Waals surface area contributed by atoms with Crippen molar-refractivity contribution in [1.82, 2.24) is 25.0 Å². The molecule has 1 saturated heterocycles. The van der Waals surface area contributed by atoms with Crippen LogP contribution in [0, 0.1) is 0 Å². The Labute approximate surface area is 143 Å². The zero-order valence-corrected chi connectivity index (χ0v) is 13.6. The van der Waals surface area contributed by atoms with E-state index in [0.29, 0.717) is 18.7 Å². The first-order valence-electron chi connectivity index (χ1n) is 7.76. The summed E-state index contributed by atoms with van der Waals surface area (Å²) in [6.45, 7) is 2.66. The summed E-state index contributed by atoms with van der Waals surface area (Å²) in [5, 5.41) is 6.54. The Kier molecular flexibility index (Phi) is 4.73. The van der Waals surface area contributed by atoms with E-state index in [2.05, 4.69) is 15.4 Å². The summed E-state index contributed by atoms with van der Waals surface area (Å²) in [6.07, 6.45) is 2.01. The van der Waals surface area contributed by atoms with Gasteiger partial charge in [0.05, 0.1) is 12.1 Å². The number of benzene rings is 1. The van der Waals surface area contributed by atoms with Crippen molar-refractivity contribution in [3.63, 3.8) is 0 Å². The minimum absolute atomic E-state index is 0.274. The lowest BCUT2D eigenvalue weighted by molar-refractivity contribution is -0.136. The molecular formula is C16H17N5O4. The first kappa shape index (κ1) is 16.6. The van der Waals surface area contributed by atoms with Crippen LogP contribution in [0.4, 0.5) is 4.79 Å². The van der Waals surface area contributed by atoms with Crippen LogP contribution in [0.15, 0.2) is 36.9 Å². The molecule has 0 radical (unpaired) electrons. The van der Waals surface area contributed by atoms with Gasteiger partial charge >= 0.3 is 12.0 Å². The number of aromatic nitrogens is 3. The predicted molar refractivity (Wildman–Crippen MR) is 85.6 cm³/mol. The monoisotopic (exact) mass is 343 g/mol. The molecule has 1 fully saturated rings. The lowest BCUT2D eigenvalue weighted by Crippen LogP contribution is -2.41. The highest BCUT2D eigenvalue weighted by Crippen LogP contribution is 2.10. The highest BCUT2D eigenvalue weighted by atomic mass is 16.5. The standard InChI is InChI=1S/C16H17N5O4/c1-11(14(22)21-7-6-18-16(21)24)25-15(23)13-4-2-12(3-5-13)8-20-10-17-9-19-20/h2-5,9-11H,6-8H2,1H3,(H,18,24)/t11-/m0/s1. The smallest absolute Gasteiger partial charge is 0.338 e. The van der Waals surface area contributed by atoms with E-state index >= 15 is 0 Å². The normalized spacial score (nSPS) is 14.9. The average Bonchev–Trinajstić information content (AvgIpc) is 3.26. The van der Waals surface area contributed by atoms with E-state index in [0.717, 1.165) is 10.5 Å². The Morgan fingerprint density at radius 3 is 2.68 bits per heavy atom. The quantitative estimate of drug-likeness (QED) is 0.789. The Morgan fingerprint density at radius 1 is 1.32 bits per heavy atom. The molecule has 0 aliphatic carbocycles. The Bertz CT molecular complexity index is 772. The van der Waals surface area contributed by atoms with Gasteiger partial charge in [0.15, 0.2) is 6.10 Å². The van der Waals surface area contributed by atoms with Gasteiger partial charge in [0.1, 0.15) is 12.7 Å². The van der Waals surface area contributed by atoms with Crippen LogP contribution < -0.4 is 5.32 Å². The van der Waals surface area contributed by atoms with E-state index in [1.165, 1.54) is 13.3 Å². The van der Waals surface area contributed by atoms with Crippen molar-refractivity contribution >= 4 is 17.9 Å². The average molecular weight is 343 g/mol. The third kappa shape index (κ3) is 3.82. The fourth-order valence-corrected chi connectivity index (χ4v) is 2.43.